The van der Waals surface area contributed by atoms with E-state index in [0.29, 0.717) is 6.04 Å². The van der Waals surface area contributed by atoms with Crippen molar-refractivity contribution in [3.05, 3.63) is 34.9 Å². The van der Waals surface area contributed by atoms with E-state index in [1.165, 1.54) is 37.9 Å². The van der Waals surface area contributed by atoms with Crippen LogP contribution in [-0.4, -0.2) is 31.1 Å². The Bertz CT molecular complexity index is 467. The van der Waals surface area contributed by atoms with E-state index in [0.717, 1.165) is 13.1 Å². The molecule has 0 saturated carbocycles. The van der Waals surface area contributed by atoms with Crippen LogP contribution in [0, 0.1) is 0 Å². The average molecular weight is 272 g/mol. The van der Waals surface area contributed by atoms with E-state index in [2.05, 4.69) is 49.2 Å². The van der Waals surface area contributed by atoms with Gasteiger partial charge in [-0.05, 0) is 41.4 Å². The van der Waals surface area contributed by atoms with E-state index >= 15 is 0 Å². The van der Waals surface area contributed by atoms with Crippen molar-refractivity contribution in [1.82, 2.24) is 10.2 Å². The fourth-order valence-corrected chi connectivity index (χ4v) is 3.61. The van der Waals surface area contributed by atoms with E-state index in [1.807, 2.05) is 0 Å². The van der Waals surface area contributed by atoms with Crippen molar-refractivity contribution in [2.45, 2.75) is 51.5 Å². The van der Waals surface area contributed by atoms with Gasteiger partial charge in [-0.25, -0.2) is 0 Å². The molecule has 1 aromatic rings. The Morgan fingerprint density at radius 3 is 2.60 bits per heavy atom. The maximum atomic E-state index is 3.47. The third-order valence-electron chi connectivity index (χ3n) is 4.89. The van der Waals surface area contributed by atoms with Crippen molar-refractivity contribution < 1.29 is 0 Å². The van der Waals surface area contributed by atoms with Crippen LogP contribution in [0.3, 0.4) is 0 Å². The Morgan fingerprint density at radius 2 is 1.90 bits per heavy atom. The Morgan fingerprint density at radius 1 is 1.15 bits per heavy atom. The third kappa shape index (κ3) is 2.77. The summed E-state index contributed by atoms with van der Waals surface area (Å²) >= 11 is 0. The summed E-state index contributed by atoms with van der Waals surface area (Å²) in [7, 11) is 0. The van der Waals surface area contributed by atoms with Gasteiger partial charge in [0.25, 0.3) is 0 Å². The molecule has 1 aliphatic heterocycles. The maximum Gasteiger partial charge on any atom is 0.0352 e. The first-order valence-electron chi connectivity index (χ1n) is 8.14. The molecule has 20 heavy (non-hydrogen) atoms. The fourth-order valence-electron chi connectivity index (χ4n) is 3.61. The minimum atomic E-state index is 0.250. The summed E-state index contributed by atoms with van der Waals surface area (Å²) in [5, 5.41) is 3.47. The van der Waals surface area contributed by atoms with Gasteiger partial charge in [0.05, 0.1) is 0 Å². The zero-order valence-electron chi connectivity index (χ0n) is 13.2. The van der Waals surface area contributed by atoms with E-state index in [9.17, 15) is 0 Å². The van der Waals surface area contributed by atoms with Crippen LogP contribution in [0.5, 0.6) is 0 Å². The second-order valence-electron chi connectivity index (χ2n) is 7.36. The molecule has 1 unspecified atom stereocenters. The van der Waals surface area contributed by atoms with Crippen molar-refractivity contribution in [3.8, 4) is 0 Å². The number of rotatable bonds is 1. The zero-order chi connectivity index (χ0) is 14.2. The molecule has 0 radical (unpaired) electrons. The van der Waals surface area contributed by atoms with Gasteiger partial charge in [0.2, 0.25) is 0 Å². The molecule has 1 aromatic carbocycles. The summed E-state index contributed by atoms with van der Waals surface area (Å²) < 4.78 is 0. The van der Waals surface area contributed by atoms with Crippen molar-refractivity contribution in [2.75, 3.05) is 26.2 Å². The Labute approximate surface area is 123 Å². The maximum absolute atomic E-state index is 3.47. The molecule has 1 heterocycles. The molecule has 1 aliphatic carbocycles. The second kappa shape index (κ2) is 5.50. The minimum Gasteiger partial charge on any atom is -0.314 e. The lowest BCUT2D eigenvalue weighted by molar-refractivity contribution is 0.158. The number of nitrogens with zero attached hydrogens (tertiary/aromatic N) is 1. The van der Waals surface area contributed by atoms with Crippen LogP contribution in [0.15, 0.2) is 18.2 Å². The highest BCUT2D eigenvalue weighted by Crippen LogP contribution is 2.37. The van der Waals surface area contributed by atoms with Crippen LogP contribution >= 0.6 is 0 Å². The smallest absolute Gasteiger partial charge is 0.0352 e. The number of hydrogen-bond donors (Lipinski definition) is 1. The van der Waals surface area contributed by atoms with Gasteiger partial charge in [-0.15, -0.1) is 0 Å². The predicted molar refractivity (Wildman–Crippen MR) is 85.3 cm³/mol. The zero-order valence-corrected chi connectivity index (χ0v) is 13.2. The van der Waals surface area contributed by atoms with E-state index in [-0.39, 0.29) is 5.41 Å². The lowest BCUT2D eigenvalue weighted by Crippen LogP contribution is -2.45. The molecule has 1 saturated heterocycles. The summed E-state index contributed by atoms with van der Waals surface area (Å²) in [6.45, 7) is 11.6. The number of hydrogen-bond acceptors (Lipinski definition) is 2. The average Bonchev–Trinajstić information content (AvgIpc) is 2.46. The van der Waals surface area contributed by atoms with E-state index < -0.39 is 0 Å². The summed E-state index contributed by atoms with van der Waals surface area (Å²) in [4.78, 5) is 2.70. The fraction of sp³-hybridized carbons (Fsp3) is 0.667. The van der Waals surface area contributed by atoms with Crippen LogP contribution in [0.2, 0.25) is 0 Å². The first-order chi connectivity index (χ1) is 9.55. The standard InChI is InChI=1S/C18H28N2/c1-18(2,3)15-8-7-14-5-4-6-17(16(14)13-15)20-11-9-19-10-12-20/h7-8,13,17,19H,4-6,9-12H2,1-3H3. The molecule has 3 rings (SSSR count). The molecule has 0 bridgehead atoms. The monoisotopic (exact) mass is 272 g/mol. The normalized spacial score (nSPS) is 24.4. The van der Waals surface area contributed by atoms with E-state index in [4.69, 9.17) is 0 Å². The highest BCUT2D eigenvalue weighted by molar-refractivity contribution is 5.38. The number of nitrogens with one attached hydrogen (secondary N) is 1. The van der Waals surface area contributed by atoms with Gasteiger partial charge in [0, 0.05) is 32.2 Å². The van der Waals surface area contributed by atoms with Gasteiger partial charge in [0.1, 0.15) is 0 Å². The van der Waals surface area contributed by atoms with Crippen LogP contribution in [0.25, 0.3) is 0 Å². The molecule has 1 N–H and O–H groups in total. The summed E-state index contributed by atoms with van der Waals surface area (Å²) in [5.41, 5.74) is 4.94. The number of fused-ring (bicyclic) bond motifs is 1. The molecule has 2 heteroatoms. The molecule has 1 fully saturated rings. The van der Waals surface area contributed by atoms with Gasteiger partial charge in [-0.3, -0.25) is 4.90 Å². The van der Waals surface area contributed by atoms with Crippen LogP contribution < -0.4 is 5.32 Å². The minimum absolute atomic E-state index is 0.250. The molecule has 0 aromatic heterocycles. The number of aryl methyl sites for hydroxylation is 1. The Balaban J connectivity index is 1.93. The first-order valence-corrected chi connectivity index (χ1v) is 8.14. The highest BCUT2D eigenvalue weighted by atomic mass is 15.2. The molecular formula is C18H28N2. The molecule has 2 aliphatic rings. The quantitative estimate of drug-likeness (QED) is 0.844. The molecule has 110 valence electrons. The number of benzene rings is 1. The third-order valence-corrected chi connectivity index (χ3v) is 4.89. The predicted octanol–water partition coefficient (Wildman–Crippen LogP) is 3.27. The van der Waals surface area contributed by atoms with Crippen molar-refractivity contribution in [1.29, 1.82) is 0 Å². The molecule has 2 nitrogen and oxygen atoms in total. The lowest BCUT2D eigenvalue weighted by atomic mass is 9.80. The van der Waals surface area contributed by atoms with Crippen LogP contribution in [-0.2, 0) is 11.8 Å². The topological polar surface area (TPSA) is 15.3 Å². The second-order valence-corrected chi connectivity index (χ2v) is 7.36. The molecule has 0 amide bonds. The number of piperazine rings is 1. The SMILES string of the molecule is CC(C)(C)c1ccc2c(c1)C(N1CCNCC1)CCC2. The molecule has 1 atom stereocenters. The van der Waals surface area contributed by atoms with Gasteiger partial charge < -0.3 is 5.32 Å². The highest BCUT2D eigenvalue weighted by Gasteiger charge is 2.28. The van der Waals surface area contributed by atoms with Gasteiger partial charge in [0.15, 0.2) is 0 Å². The van der Waals surface area contributed by atoms with Gasteiger partial charge in [-0.1, -0.05) is 39.0 Å². The van der Waals surface area contributed by atoms with Gasteiger partial charge in [-0.2, -0.15) is 0 Å². The Hall–Kier alpha value is -0.860. The summed E-state index contributed by atoms with van der Waals surface area (Å²) in [6.07, 6.45) is 3.94. The summed E-state index contributed by atoms with van der Waals surface area (Å²) in [5.74, 6) is 0. The van der Waals surface area contributed by atoms with Crippen LogP contribution in [0.4, 0.5) is 0 Å². The lowest BCUT2D eigenvalue weighted by Gasteiger charge is -2.39. The van der Waals surface area contributed by atoms with Crippen LogP contribution in [0.1, 0.15) is 56.3 Å². The Kier molecular flexibility index (Phi) is 3.87. The largest absolute Gasteiger partial charge is 0.314 e. The summed E-state index contributed by atoms with van der Waals surface area (Å²) in [6, 6.07) is 7.90. The van der Waals surface area contributed by atoms with E-state index in [1.54, 1.807) is 11.1 Å². The first kappa shape index (κ1) is 14.1. The molecule has 0 spiro atoms. The van der Waals surface area contributed by atoms with Crippen molar-refractivity contribution in [3.63, 3.8) is 0 Å². The van der Waals surface area contributed by atoms with Crippen molar-refractivity contribution >= 4 is 0 Å². The van der Waals surface area contributed by atoms with Crippen molar-refractivity contribution in [2.24, 2.45) is 0 Å². The molecular weight excluding hydrogens is 244 g/mol. The van der Waals surface area contributed by atoms with Gasteiger partial charge >= 0.3 is 0 Å².